The quantitative estimate of drug-likeness (QED) is 0.154. The van der Waals surface area contributed by atoms with Crippen LogP contribution in [0.4, 0.5) is 0 Å². The lowest BCUT2D eigenvalue weighted by molar-refractivity contribution is 1.07. The van der Waals surface area contributed by atoms with Crippen LogP contribution in [-0.2, 0) is 0 Å². The molecule has 2 aromatic heterocycles. The Hall–Kier alpha value is -7.95. The summed E-state index contributed by atoms with van der Waals surface area (Å²) in [5.41, 5.74) is 9.34. The first-order valence-electron chi connectivity index (χ1n) is 18.2. The van der Waals surface area contributed by atoms with Crippen LogP contribution in [0, 0.1) is 11.3 Å². The number of rotatable bonds is 8. The average molecular weight is 718 g/mol. The molecule has 9 rings (SSSR count). The highest BCUT2D eigenvalue weighted by Crippen LogP contribution is 2.39. The summed E-state index contributed by atoms with van der Waals surface area (Å²) in [6.45, 7) is 0. The Kier molecular flexibility index (Phi) is 9.18. The van der Waals surface area contributed by atoms with Gasteiger partial charge < -0.3 is 0 Å². The van der Waals surface area contributed by atoms with Gasteiger partial charge in [0.2, 0.25) is 0 Å². The van der Waals surface area contributed by atoms with Crippen LogP contribution >= 0.6 is 0 Å². The summed E-state index contributed by atoms with van der Waals surface area (Å²) in [4.78, 5) is 30.2. The van der Waals surface area contributed by atoms with Gasteiger partial charge in [0.05, 0.1) is 11.6 Å². The first kappa shape index (κ1) is 33.9. The maximum absolute atomic E-state index is 9.84. The molecule has 7 aromatic carbocycles. The van der Waals surface area contributed by atoms with Crippen LogP contribution in [0.2, 0.25) is 0 Å². The molecule has 262 valence electrons. The van der Waals surface area contributed by atoms with Crippen molar-refractivity contribution in [1.29, 1.82) is 5.26 Å². The second-order valence-corrected chi connectivity index (χ2v) is 13.1. The zero-order valence-corrected chi connectivity index (χ0v) is 30.0. The van der Waals surface area contributed by atoms with Gasteiger partial charge >= 0.3 is 0 Å². The number of nitriles is 1. The standard InChI is InChI=1S/C49H31N7/c50-32-33-16-15-25-38(30-33)41-29-28-39(31-43(41)49-55-46(36-21-9-3-10-22-36)52-47(56-49)37-23-11-4-12-24-37)40-26-13-14-27-42(40)48-53-44(34-17-5-1-6-18-34)51-45(54-48)35-19-7-2-8-20-35/h1-31H. The van der Waals surface area contributed by atoms with Crippen molar-refractivity contribution >= 4 is 0 Å². The minimum Gasteiger partial charge on any atom is -0.208 e. The number of nitrogens with zero attached hydrogens (tertiary/aromatic N) is 7. The molecule has 9 aromatic rings. The monoisotopic (exact) mass is 717 g/mol. The van der Waals surface area contributed by atoms with E-state index in [2.05, 4.69) is 30.3 Å². The molecule has 2 heterocycles. The van der Waals surface area contributed by atoms with Gasteiger partial charge in [0.25, 0.3) is 0 Å². The molecule has 0 aliphatic heterocycles. The maximum atomic E-state index is 9.84. The molecule has 0 aliphatic rings. The molecule has 0 radical (unpaired) electrons. The van der Waals surface area contributed by atoms with E-state index in [1.165, 1.54) is 0 Å². The van der Waals surface area contributed by atoms with Gasteiger partial charge in [0, 0.05) is 33.4 Å². The van der Waals surface area contributed by atoms with E-state index in [1.807, 2.05) is 158 Å². The Bertz CT molecular complexity index is 2740. The van der Waals surface area contributed by atoms with Crippen molar-refractivity contribution in [3.05, 3.63) is 194 Å². The second kappa shape index (κ2) is 15.2. The van der Waals surface area contributed by atoms with E-state index >= 15 is 0 Å². The largest absolute Gasteiger partial charge is 0.208 e. The summed E-state index contributed by atoms with van der Waals surface area (Å²) < 4.78 is 0. The van der Waals surface area contributed by atoms with Gasteiger partial charge in [-0.05, 0) is 40.5 Å². The van der Waals surface area contributed by atoms with Crippen LogP contribution in [0.25, 0.3) is 90.6 Å². The van der Waals surface area contributed by atoms with Crippen LogP contribution < -0.4 is 0 Å². The van der Waals surface area contributed by atoms with Crippen molar-refractivity contribution in [2.75, 3.05) is 0 Å². The number of hydrogen-bond acceptors (Lipinski definition) is 7. The van der Waals surface area contributed by atoms with Crippen molar-refractivity contribution in [1.82, 2.24) is 29.9 Å². The average Bonchev–Trinajstić information content (AvgIpc) is 3.29. The van der Waals surface area contributed by atoms with Crippen molar-refractivity contribution in [3.63, 3.8) is 0 Å². The topological polar surface area (TPSA) is 101 Å². The highest BCUT2D eigenvalue weighted by Gasteiger charge is 2.20. The van der Waals surface area contributed by atoms with E-state index in [0.29, 0.717) is 40.5 Å². The SMILES string of the molecule is N#Cc1cccc(-c2ccc(-c3ccccc3-c3nc(-c4ccccc4)nc(-c4ccccc4)n3)cc2-c2nc(-c3ccccc3)nc(-c3ccccc3)n2)c1. The zero-order chi connectivity index (χ0) is 37.7. The van der Waals surface area contributed by atoms with Crippen molar-refractivity contribution < 1.29 is 0 Å². The van der Waals surface area contributed by atoms with Gasteiger partial charge in [0.15, 0.2) is 34.9 Å². The molecule has 0 N–H and O–H groups in total. The van der Waals surface area contributed by atoms with Gasteiger partial charge in [0.1, 0.15) is 0 Å². The highest BCUT2D eigenvalue weighted by atomic mass is 15.0. The Morgan fingerprint density at radius 3 is 1.09 bits per heavy atom. The fraction of sp³-hybridized carbons (Fsp3) is 0. The van der Waals surface area contributed by atoms with Crippen LogP contribution in [-0.4, -0.2) is 29.9 Å². The van der Waals surface area contributed by atoms with E-state index in [-0.39, 0.29) is 0 Å². The lowest BCUT2D eigenvalue weighted by atomic mass is 9.92. The second-order valence-electron chi connectivity index (χ2n) is 13.1. The Balaban J connectivity index is 1.27. The van der Waals surface area contributed by atoms with Crippen LogP contribution in [0.5, 0.6) is 0 Å². The summed E-state index contributed by atoms with van der Waals surface area (Å²) in [6, 6.07) is 64.1. The third-order valence-corrected chi connectivity index (χ3v) is 9.44. The molecule has 0 bridgehead atoms. The lowest BCUT2D eigenvalue weighted by Gasteiger charge is -2.16. The number of benzene rings is 7. The van der Waals surface area contributed by atoms with E-state index in [1.54, 1.807) is 6.07 Å². The molecular weight excluding hydrogens is 687 g/mol. The summed E-state index contributed by atoms with van der Waals surface area (Å²) in [5.74, 6) is 3.36. The predicted octanol–water partition coefficient (Wildman–Crippen LogP) is 11.3. The smallest absolute Gasteiger partial charge is 0.164 e. The molecule has 56 heavy (non-hydrogen) atoms. The molecule has 0 unspecified atom stereocenters. The van der Waals surface area contributed by atoms with Crippen molar-refractivity contribution in [3.8, 4) is 96.7 Å². The summed E-state index contributed by atoms with van der Waals surface area (Å²) >= 11 is 0. The molecule has 7 heteroatoms. The first-order valence-corrected chi connectivity index (χ1v) is 18.2. The predicted molar refractivity (Wildman–Crippen MR) is 221 cm³/mol. The third-order valence-electron chi connectivity index (χ3n) is 9.44. The molecule has 0 fully saturated rings. The van der Waals surface area contributed by atoms with Crippen LogP contribution in [0.1, 0.15) is 5.56 Å². The van der Waals surface area contributed by atoms with Gasteiger partial charge in [-0.25, -0.2) is 29.9 Å². The minimum atomic E-state index is 0.507. The normalized spacial score (nSPS) is 10.8. The van der Waals surface area contributed by atoms with Crippen LogP contribution in [0.15, 0.2) is 188 Å². The summed E-state index contributed by atoms with van der Waals surface area (Å²) in [7, 11) is 0. The molecule has 0 aliphatic carbocycles. The minimum absolute atomic E-state index is 0.507. The fourth-order valence-corrected chi connectivity index (χ4v) is 6.69. The number of aromatic nitrogens is 6. The number of hydrogen-bond donors (Lipinski definition) is 0. The molecule has 0 amide bonds. The summed E-state index contributed by atoms with van der Waals surface area (Å²) in [5, 5.41) is 9.84. The van der Waals surface area contributed by atoms with E-state index in [4.69, 9.17) is 29.9 Å². The maximum Gasteiger partial charge on any atom is 0.164 e. The van der Waals surface area contributed by atoms with E-state index < -0.39 is 0 Å². The van der Waals surface area contributed by atoms with Crippen LogP contribution in [0.3, 0.4) is 0 Å². The lowest BCUT2D eigenvalue weighted by Crippen LogP contribution is -2.02. The molecule has 0 saturated carbocycles. The summed E-state index contributed by atoms with van der Waals surface area (Å²) in [6.07, 6.45) is 0. The fourth-order valence-electron chi connectivity index (χ4n) is 6.69. The van der Waals surface area contributed by atoms with Gasteiger partial charge in [-0.2, -0.15) is 5.26 Å². The molecule has 0 spiro atoms. The molecule has 7 nitrogen and oxygen atoms in total. The molecule has 0 atom stereocenters. The third kappa shape index (κ3) is 6.94. The van der Waals surface area contributed by atoms with E-state index in [9.17, 15) is 5.26 Å². The first-order chi connectivity index (χ1) is 27.7. The van der Waals surface area contributed by atoms with Gasteiger partial charge in [-0.3, -0.25) is 0 Å². The Labute approximate surface area is 324 Å². The zero-order valence-electron chi connectivity index (χ0n) is 30.0. The molecular formula is C49H31N7. The van der Waals surface area contributed by atoms with Crippen molar-refractivity contribution in [2.24, 2.45) is 0 Å². The Morgan fingerprint density at radius 2 is 0.625 bits per heavy atom. The van der Waals surface area contributed by atoms with Gasteiger partial charge in [-0.1, -0.05) is 170 Å². The van der Waals surface area contributed by atoms with E-state index in [0.717, 1.165) is 55.6 Å². The van der Waals surface area contributed by atoms with Gasteiger partial charge in [-0.15, -0.1) is 0 Å². The molecule has 0 saturated heterocycles. The Morgan fingerprint density at radius 1 is 0.268 bits per heavy atom. The highest BCUT2D eigenvalue weighted by molar-refractivity contribution is 5.89. The van der Waals surface area contributed by atoms with Crippen molar-refractivity contribution in [2.45, 2.75) is 0 Å².